The van der Waals surface area contributed by atoms with Crippen LogP contribution in [0.2, 0.25) is 0 Å². The molecule has 2 heterocycles. The van der Waals surface area contributed by atoms with Crippen LogP contribution < -0.4 is 5.73 Å². The quantitative estimate of drug-likeness (QED) is 0.700. The highest BCUT2D eigenvalue weighted by molar-refractivity contribution is 5.34. The molecular weight excluding hydrogens is 194 g/mol. The maximum absolute atomic E-state index is 9.82. The Labute approximate surface area is 86.7 Å². The maximum atomic E-state index is 9.82. The van der Waals surface area contributed by atoms with E-state index in [0.717, 1.165) is 0 Å². The molecule has 1 atom stereocenters. The van der Waals surface area contributed by atoms with E-state index in [9.17, 15) is 5.11 Å². The van der Waals surface area contributed by atoms with Crippen molar-refractivity contribution >= 4 is 5.65 Å². The minimum Gasteiger partial charge on any atom is -0.388 e. The Morgan fingerprint density at radius 3 is 3.07 bits per heavy atom. The van der Waals surface area contributed by atoms with Gasteiger partial charge in [0.2, 0.25) is 0 Å². The van der Waals surface area contributed by atoms with Crippen molar-refractivity contribution in [2.45, 2.75) is 18.9 Å². The fraction of sp³-hybridized carbons (Fsp3) is 0.444. The SMILES string of the molecule is CC(O)(CN)Cc1nnc2cccnn12. The zero-order valence-corrected chi connectivity index (χ0v) is 8.46. The first-order valence-electron chi connectivity index (χ1n) is 4.70. The van der Waals surface area contributed by atoms with Crippen molar-refractivity contribution in [3.8, 4) is 0 Å². The van der Waals surface area contributed by atoms with Crippen LogP contribution >= 0.6 is 0 Å². The van der Waals surface area contributed by atoms with E-state index in [1.807, 2.05) is 0 Å². The molecule has 0 aliphatic rings. The van der Waals surface area contributed by atoms with Crippen molar-refractivity contribution in [3.63, 3.8) is 0 Å². The van der Waals surface area contributed by atoms with E-state index >= 15 is 0 Å². The number of rotatable bonds is 3. The molecule has 6 nitrogen and oxygen atoms in total. The van der Waals surface area contributed by atoms with E-state index in [1.54, 1.807) is 29.8 Å². The van der Waals surface area contributed by atoms with Crippen LogP contribution in [0.1, 0.15) is 12.7 Å². The van der Waals surface area contributed by atoms with E-state index in [4.69, 9.17) is 5.73 Å². The Kier molecular flexibility index (Phi) is 2.37. The fourth-order valence-electron chi connectivity index (χ4n) is 1.31. The standard InChI is InChI=1S/C9H13N5O/c1-9(15,6-10)5-8-13-12-7-3-2-4-11-14(7)8/h2-4,15H,5-6,10H2,1H3. The molecule has 0 amide bonds. The zero-order valence-electron chi connectivity index (χ0n) is 8.46. The Morgan fingerprint density at radius 1 is 1.53 bits per heavy atom. The normalized spacial score (nSPS) is 15.4. The summed E-state index contributed by atoms with van der Waals surface area (Å²) < 4.78 is 1.60. The zero-order chi connectivity index (χ0) is 10.9. The molecule has 15 heavy (non-hydrogen) atoms. The van der Waals surface area contributed by atoms with Gasteiger partial charge >= 0.3 is 0 Å². The Balaban J connectivity index is 2.37. The minimum atomic E-state index is -0.972. The molecule has 6 heteroatoms. The van der Waals surface area contributed by atoms with E-state index in [-0.39, 0.29) is 6.54 Å². The molecule has 0 saturated carbocycles. The Morgan fingerprint density at radius 2 is 2.33 bits per heavy atom. The van der Waals surface area contributed by atoms with E-state index in [2.05, 4.69) is 15.3 Å². The van der Waals surface area contributed by atoms with E-state index in [0.29, 0.717) is 17.9 Å². The molecule has 0 fully saturated rings. The average molecular weight is 207 g/mol. The molecule has 0 saturated heterocycles. The summed E-state index contributed by atoms with van der Waals surface area (Å²) in [7, 11) is 0. The summed E-state index contributed by atoms with van der Waals surface area (Å²) >= 11 is 0. The van der Waals surface area contributed by atoms with Gasteiger partial charge in [-0.25, -0.2) is 0 Å². The van der Waals surface area contributed by atoms with Crippen molar-refractivity contribution in [2.24, 2.45) is 5.73 Å². The van der Waals surface area contributed by atoms with Gasteiger partial charge in [-0.15, -0.1) is 10.2 Å². The van der Waals surface area contributed by atoms with Gasteiger partial charge in [0, 0.05) is 19.2 Å². The van der Waals surface area contributed by atoms with Crippen LogP contribution in [0.15, 0.2) is 18.3 Å². The minimum absolute atomic E-state index is 0.175. The summed E-state index contributed by atoms with van der Waals surface area (Å²) in [6.45, 7) is 1.84. The second kappa shape index (κ2) is 3.56. The summed E-state index contributed by atoms with van der Waals surface area (Å²) in [5.41, 5.74) is 5.13. The molecule has 0 spiro atoms. The third-order valence-electron chi connectivity index (χ3n) is 2.22. The monoisotopic (exact) mass is 207 g/mol. The van der Waals surface area contributed by atoms with E-state index < -0.39 is 5.60 Å². The molecule has 0 radical (unpaired) electrons. The second-order valence-corrected chi connectivity index (χ2v) is 3.79. The third-order valence-corrected chi connectivity index (χ3v) is 2.22. The molecule has 0 bridgehead atoms. The first-order valence-corrected chi connectivity index (χ1v) is 4.70. The highest BCUT2D eigenvalue weighted by atomic mass is 16.3. The van der Waals surface area contributed by atoms with Crippen molar-refractivity contribution < 1.29 is 5.11 Å². The molecule has 1 unspecified atom stereocenters. The van der Waals surface area contributed by atoms with Gasteiger partial charge in [0.15, 0.2) is 11.5 Å². The molecule has 3 N–H and O–H groups in total. The molecule has 0 aliphatic carbocycles. The number of nitrogens with two attached hydrogens (primary N) is 1. The first-order chi connectivity index (χ1) is 7.12. The number of aromatic nitrogens is 4. The highest BCUT2D eigenvalue weighted by Crippen LogP contribution is 2.10. The van der Waals surface area contributed by atoms with Crippen molar-refractivity contribution in [1.82, 2.24) is 19.8 Å². The predicted octanol–water partition coefficient (Wildman–Crippen LogP) is -0.624. The lowest BCUT2D eigenvalue weighted by atomic mass is 10.0. The Bertz CT molecular complexity index is 464. The second-order valence-electron chi connectivity index (χ2n) is 3.79. The van der Waals surface area contributed by atoms with Crippen LogP contribution in [0.25, 0.3) is 5.65 Å². The molecule has 80 valence electrons. The van der Waals surface area contributed by atoms with Crippen LogP contribution in [-0.2, 0) is 6.42 Å². The number of aliphatic hydroxyl groups is 1. The van der Waals surface area contributed by atoms with Crippen molar-refractivity contribution in [2.75, 3.05) is 6.54 Å². The summed E-state index contributed by atoms with van der Waals surface area (Å²) in [5.74, 6) is 0.612. The van der Waals surface area contributed by atoms with Gasteiger partial charge in [0.25, 0.3) is 0 Å². The van der Waals surface area contributed by atoms with Crippen LogP contribution in [-0.4, -0.2) is 37.1 Å². The van der Waals surface area contributed by atoms with Crippen LogP contribution in [0.4, 0.5) is 0 Å². The van der Waals surface area contributed by atoms with Gasteiger partial charge in [-0.1, -0.05) is 0 Å². The molecule has 2 aromatic rings. The first kappa shape index (κ1) is 10.0. The van der Waals surface area contributed by atoms with Gasteiger partial charge in [-0.3, -0.25) is 0 Å². The lowest BCUT2D eigenvalue weighted by Crippen LogP contribution is -2.37. The summed E-state index contributed by atoms with van der Waals surface area (Å²) in [6.07, 6.45) is 1.98. The van der Waals surface area contributed by atoms with Gasteiger partial charge in [0.1, 0.15) is 0 Å². The van der Waals surface area contributed by atoms with Crippen LogP contribution in [0, 0.1) is 0 Å². The molecular formula is C9H13N5O. The van der Waals surface area contributed by atoms with Gasteiger partial charge in [0.05, 0.1) is 5.60 Å². The molecule has 2 rings (SSSR count). The molecule has 0 aromatic carbocycles. The van der Waals surface area contributed by atoms with Gasteiger partial charge in [-0.2, -0.15) is 9.61 Å². The van der Waals surface area contributed by atoms with Crippen molar-refractivity contribution in [1.29, 1.82) is 0 Å². The number of hydrogen-bond acceptors (Lipinski definition) is 5. The highest BCUT2D eigenvalue weighted by Gasteiger charge is 2.22. The number of nitrogens with zero attached hydrogens (tertiary/aromatic N) is 4. The largest absolute Gasteiger partial charge is 0.388 e. The Hall–Kier alpha value is -1.53. The van der Waals surface area contributed by atoms with Gasteiger partial charge < -0.3 is 10.8 Å². The van der Waals surface area contributed by atoms with Crippen molar-refractivity contribution in [3.05, 3.63) is 24.2 Å². The lowest BCUT2D eigenvalue weighted by Gasteiger charge is -2.18. The van der Waals surface area contributed by atoms with Crippen LogP contribution in [0.5, 0.6) is 0 Å². The van der Waals surface area contributed by atoms with Crippen LogP contribution in [0.3, 0.4) is 0 Å². The van der Waals surface area contributed by atoms with Gasteiger partial charge in [-0.05, 0) is 19.1 Å². The smallest absolute Gasteiger partial charge is 0.177 e. The summed E-state index contributed by atoms with van der Waals surface area (Å²) in [4.78, 5) is 0. The number of hydrogen-bond donors (Lipinski definition) is 2. The number of fused-ring (bicyclic) bond motifs is 1. The van der Waals surface area contributed by atoms with E-state index in [1.165, 1.54) is 0 Å². The fourth-order valence-corrected chi connectivity index (χ4v) is 1.31. The molecule has 2 aromatic heterocycles. The summed E-state index contributed by atoms with van der Waals surface area (Å²) in [5, 5.41) is 21.8. The average Bonchev–Trinajstić information content (AvgIpc) is 2.62. The lowest BCUT2D eigenvalue weighted by molar-refractivity contribution is 0.0670. The maximum Gasteiger partial charge on any atom is 0.177 e. The molecule has 0 aliphatic heterocycles. The topological polar surface area (TPSA) is 89.3 Å². The third kappa shape index (κ3) is 1.95. The predicted molar refractivity (Wildman–Crippen MR) is 54.2 cm³/mol. The summed E-state index contributed by atoms with van der Waals surface area (Å²) in [6, 6.07) is 3.59.